The SMILES string of the molecule is Cn1c(NCCC(=O)NCCC(=O)OC2CC3CCC2(C)C3(C)C)cc(=O)n(C)c1=O. The quantitative estimate of drug-likeness (QED) is 0.594. The first kappa shape index (κ1) is 23.1. The number of carbonyl (C=O) groups is 2. The molecule has 0 radical (unpaired) electrons. The molecule has 172 valence electrons. The third-order valence-electron chi connectivity index (χ3n) is 7.82. The maximum atomic E-state index is 12.3. The maximum absolute atomic E-state index is 12.3. The van der Waals surface area contributed by atoms with Gasteiger partial charge in [0.2, 0.25) is 5.91 Å². The maximum Gasteiger partial charge on any atom is 0.332 e. The molecule has 9 heteroatoms. The summed E-state index contributed by atoms with van der Waals surface area (Å²) >= 11 is 0. The summed E-state index contributed by atoms with van der Waals surface area (Å²) in [6, 6.07) is 1.31. The van der Waals surface area contributed by atoms with Crippen molar-refractivity contribution in [3.05, 3.63) is 26.9 Å². The van der Waals surface area contributed by atoms with E-state index in [1.165, 1.54) is 24.1 Å². The Hall–Kier alpha value is -2.58. The van der Waals surface area contributed by atoms with E-state index < -0.39 is 11.2 Å². The van der Waals surface area contributed by atoms with Gasteiger partial charge in [0.25, 0.3) is 5.56 Å². The van der Waals surface area contributed by atoms with Crippen LogP contribution in [0.2, 0.25) is 0 Å². The lowest BCUT2D eigenvalue weighted by Gasteiger charge is -2.38. The molecule has 2 aliphatic rings. The Balaban J connectivity index is 1.38. The zero-order valence-corrected chi connectivity index (χ0v) is 19.1. The van der Waals surface area contributed by atoms with Gasteiger partial charge < -0.3 is 15.4 Å². The van der Waals surface area contributed by atoms with Gasteiger partial charge >= 0.3 is 11.7 Å². The van der Waals surface area contributed by atoms with E-state index in [-0.39, 0.29) is 54.7 Å². The fraction of sp³-hybridized carbons (Fsp3) is 0.727. The van der Waals surface area contributed by atoms with Crippen molar-refractivity contribution in [1.29, 1.82) is 0 Å². The minimum Gasteiger partial charge on any atom is -0.462 e. The number of hydrogen-bond acceptors (Lipinski definition) is 6. The van der Waals surface area contributed by atoms with Gasteiger partial charge in [-0.15, -0.1) is 0 Å². The summed E-state index contributed by atoms with van der Waals surface area (Å²) in [5.41, 5.74) is -0.640. The molecule has 1 aromatic heterocycles. The second-order valence-corrected chi connectivity index (χ2v) is 9.63. The number of nitrogens with zero attached hydrogens (tertiary/aromatic N) is 2. The standard InChI is InChI=1S/C22H34N4O5/c1-21(2)14-6-9-22(21,3)15(12-14)31-19(29)8-11-24-17(27)7-10-23-16-13-18(28)26(5)20(30)25(16)4/h13-15,23H,6-12H2,1-5H3,(H,24,27). The van der Waals surface area contributed by atoms with Crippen LogP contribution in [0.3, 0.4) is 0 Å². The van der Waals surface area contributed by atoms with Gasteiger partial charge in [-0.2, -0.15) is 0 Å². The summed E-state index contributed by atoms with van der Waals surface area (Å²) in [6.07, 6.45) is 3.46. The molecule has 0 aromatic carbocycles. The molecule has 2 fully saturated rings. The van der Waals surface area contributed by atoms with Crippen molar-refractivity contribution < 1.29 is 14.3 Å². The second-order valence-electron chi connectivity index (χ2n) is 9.63. The van der Waals surface area contributed by atoms with Crippen molar-refractivity contribution in [2.24, 2.45) is 30.8 Å². The summed E-state index contributed by atoms with van der Waals surface area (Å²) in [5, 5.41) is 5.64. The number of nitrogens with one attached hydrogen (secondary N) is 2. The van der Waals surface area contributed by atoms with E-state index >= 15 is 0 Å². The van der Waals surface area contributed by atoms with Crippen LogP contribution >= 0.6 is 0 Å². The molecule has 2 aliphatic carbocycles. The fourth-order valence-corrected chi connectivity index (χ4v) is 5.13. The molecule has 1 amide bonds. The van der Waals surface area contributed by atoms with E-state index in [2.05, 4.69) is 31.4 Å². The average Bonchev–Trinajstić information content (AvgIpc) is 3.03. The molecular formula is C22H34N4O5. The van der Waals surface area contributed by atoms with Gasteiger partial charge in [-0.1, -0.05) is 20.8 Å². The van der Waals surface area contributed by atoms with Gasteiger partial charge in [0.05, 0.1) is 6.42 Å². The molecule has 2 N–H and O–H groups in total. The third kappa shape index (κ3) is 4.27. The molecule has 2 bridgehead atoms. The summed E-state index contributed by atoms with van der Waals surface area (Å²) in [4.78, 5) is 47.9. The smallest absolute Gasteiger partial charge is 0.332 e. The van der Waals surface area contributed by atoms with E-state index in [4.69, 9.17) is 4.74 Å². The molecule has 1 heterocycles. The second kappa shape index (κ2) is 8.51. The fourth-order valence-electron chi connectivity index (χ4n) is 5.13. The first-order chi connectivity index (χ1) is 14.5. The van der Waals surface area contributed by atoms with E-state index in [1.54, 1.807) is 7.05 Å². The monoisotopic (exact) mass is 434 g/mol. The van der Waals surface area contributed by atoms with E-state index in [0.717, 1.165) is 17.4 Å². The Morgan fingerprint density at radius 2 is 1.84 bits per heavy atom. The molecule has 3 atom stereocenters. The number of fused-ring (bicyclic) bond motifs is 2. The predicted octanol–water partition coefficient (Wildman–Crippen LogP) is 1.15. The number of hydrogen-bond donors (Lipinski definition) is 2. The van der Waals surface area contributed by atoms with Gasteiger partial charge in [-0.05, 0) is 30.6 Å². The van der Waals surface area contributed by atoms with E-state index in [9.17, 15) is 19.2 Å². The van der Waals surface area contributed by atoms with Crippen molar-refractivity contribution in [2.45, 2.75) is 59.0 Å². The van der Waals surface area contributed by atoms with E-state index in [1.807, 2.05) is 0 Å². The number of carbonyl (C=O) groups excluding carboxylic acids is 2. The molecule has 1 aromatic rings. The number of rotatable bonds is 8. The van der Waals surface area contributed by atoms with Crippen molar-refractivity contribution in [3.63, 3.8) is 0 Å². The molecule has 0 saturated heterocycles. The van der Waals surface area contributed by atoms with Crippen LogP contribution in [-0.4, -0.2) is 40.2 Å². The average molecular weight is 435 g/mol. The van der Waals surface area contributed by atoms with Crippen LogP contribution in [0.4, 0.5) is 5.82 Å². The highest BCUT2D eigenvalue weighted by Crippen LogP contribution is 2.66. The lowest BCUT2D eigenvalue weighted by atomic mass is 9.70. The molecule has 0 aliphatic heterocycles. The third-order valence-corrected chi connectivity index (χ3v) is 7.82. The summed E-state index contributed by atoms with van der Waals surface area (Å²) < 4.78 is 8.10. The Morgan fingerprint density at radius 1 is 1.13 bits per heavy atom. The summed E-state index contributed by atoms with van der Waals surface area (Å²) in [7, 11) is 2.96. The van der Waals surface area contributed by atoms with Crippen LogP contribution < -0.4 is 21.9 Å². The molecule has 3 unspecified atom stereocenters. The van der Waals surface area contributed by atoms with Crippen LogP contribution in [0.15, 0.2) is 15.7 Å². The van der Waals surface area contributed by atoms with Crippen LogP contribution in [0.1, 0.15) is 52.9 Å². The number of esters is 1. The van der Waals surface area contributed by atoms with Gasteiger partial charge in [0.15, 0.2) is 0 Å². The zero-order chi connectivity index (χ0) is 23.0. The molecule has 2 saturated carbocycles. The molecule has 31 heavy (non-hydrogen) atoms. The number of anilines is 1. The van der Waals surface area contributed by atoms with E-state index in [0.29, 0.717) is 11.7 Å². The highest BCUT2D eigenvalue weighted by atomic mass is 16.5. The van der Waals surface area contributed by atoms with Crippen LogP contribution in [0.25, 0.3) is 0 Å². The van der Waals surface area contributed by atoms with Crippen LogP contribution in [-0.2, 0) is 28.4 Å². The first-order valence-electron chi connectivity index (χ1n) is 10.9. The summed E-state index contributed by atoms with van der Waals surface area (Å²) in [6.45, 7) is 7.26. The minimum atomic E-state index is -0.439. The minimum absolute atomic E-state index is 0.0286. The lowest BCUT2D eigenvalue weighted by molar-refractivity contribution is -0.156. The highest BCUT2D eigenvalue weighted by molar-refractivity contribution is 5.77. The topological polar surface area (TPSA) is 111 Å². The molecule has 3 rings (SSSR count). The summed E-state index contributed by atoms with van der Waals surface area (Å²) in [5.74, 6) is 0.462. The van der Waals surface area contributed by atoms with Crippen molar-refractivity contribution in [3.8, 4) is 0 Å². The van der Waals surface area contributed by atoms with Gasteiger partial charge in [0.1, 0.15) is 11.9 Å². The predicted molar refractivity (Wildman–Crippen MR) is 117 cm³/mol. The normalized spacial score (nSPS) is 26.0. The molecule has 0 spiro atoms. The Bertz CT molecular complexity index is 979. The van der Waals surface area contributed by atoms with Gasteiger partial charge in [-0.25, -0.2) is 4.79 Å². The van der Waals surface area contributed by atoms with Crippen molar-refractivity contribution in [1.82, 2.24) is 14.5 Å². The first-order valence-corrected chi connectivity index (χ1v) is 10.9. The van der Waals surface area contributed by atoms with Gasteiger partial charge in [-0.3, -0.25) is 23.5 Å². The Kier molecular flexibility index (Phi) is 6.34. The largest absolute Gasteiger partial charge is 0.462 e. The van der Waals surface area contributed by atoms with Crippen LogP contribution in [0.5, 0.6) is 0 Å². The van der Waals surface area contributed by atoms with Crippen LogP contribution in [0, 0.1) is 16.7 Å². The Morgan fingerprint density at radius 3 is 2.45 bits per heavy atom. The number of amides is 1. The number of aromatic nitrogens is 2. The molecule has 9 nitrogen and oxygen atoms in total. The van der Waals surface area contributed by atoms with Gasteiger partial charge in [0, 0.05) is 45.1 Å². The molecular weight excluding hydrogens is 400 g/mol. The van der Waals surface area contributed by atoms with Crippen molar-refractivity contribution in [2.75, 3.05) is 18.4 Å². The number of ether oxygens (including phenoxy) is 1. The lowest BCUT2D eigenvalue weighted by Crippen LogP contribution is -2.39. The zero-order valence-electron chi connectivity index (χ0n) is 19.1. The highest BCUT2D eigenvalue weighted by Gasteiger charge is 2.62. The Labute approximate surface area is 182 Å². The van der Waals surface area contributed by atoms with Crippen molar-refractivity contribution >= 4 is 17.7 Å².